The highest BCUT2D eigenvalue weighted by atomic mass is 16.3. The van der Waals surface area contributed by atoms with Crippen LogP contribution in [-0.2, 0) is 13.1 Å². The van der Waals surface area contributed by atoms with Crippen molar-refractivity contribution in [1.29, 1.82) is 0 Å². The summed E-state index contributed by atoms with van der Waals surface area (Å²) in [6.07, 6.45) is 4.69. The fourth-order valence-corrected chi connectivity index (χ4v) is 4.96. The molecule has 0 aliphatic carbocycles. The molecule has 4 rings (SSSR count). The highest BCUT2D eigenvalue weighted by Crippen LogP contribution is 2.37. The van der Waals surface area contributed by atoms with Crippen molar-refractivity contribution < 1.29 is 9.21 Å². The van der Waals surface area contributed by atoms with E-state index in [0.717, 1.165) is 63.6 Å². The quantitative estimate of drug-likeness (QED) is 0.842. The first-order chi connectivity index (χ1) is 13.5. The van der Waals surface area contributed by atoms with Gasteiger partial charge < -0.3 is 14.3 Å². The number of likely N-dealkylation sites (tertiary alicyclic amines) is 2. The molecule has 0 aromatic carbocycles. The minimum absolute atomic E-state index is 0.0490. The molecule has 28 heavy (non-hydrogen) atoms. The number of carbonyl (C=O) groups is 1. The van der Waals surface area contributed by atoms with Crippen LogP contribution in [0.15, 0.2) is 22.8 Å². The van der Waals surface area contributed by atoms with E-state index in [1.807, 2.05) is 6.92 Å². The van der Waals surface area contributed by atoms with E-state index in [9.17, 15) is 4.79 Å². The van der Waals surface area contributed by atoms with Crippen molar-refractivity contribution in [3.8, 4) is 0 Å². The summed E-state index contributed by atoms with van der Waals surface area (Å²) >= 11 is 0. The van der Waals surface area contributed by atoms with Crippen LogP contribution in [0.5, 0.6) is 0 Å². The molecule has 8 nitrogen and oxygen atoms in total. The topological polar surface area (TPSA) is 79.4 Å². The second-order valence-corrected chi connectivity index (χ2v) is 8.04. The minimum atomic E-state index is -0.122. The fraction of sp³-hybridized carbons (Fsp3) is 0.650. The lowest BCUT2D eigenvalue weighted by Gasteiger charge is -2.47. The lowest BCUT2D eigenvalue weighted by atomic mass is 9.82. The molecule has 8 heteroatoms. The Kier molecular flexibility index (Phi) is 5.25. The number of nitrogens with one attached hydrogen (secondary N) is 1. The first-order valence-electron chi connectivity index (χ1n) is 10.2. The molecule has 0 saturated carbocycles. The third kappa shape index (κ3) is 3.35. The standard InChI is InChI=1S/C20H30N6O2/c1-4-26-15(2)22-23-18(26)13-25-10-6-9-20(14-25)17(8-11-24(20)3)21-19(27)16-7-5-12-28-16/h5,7,12,17H,4,6,8-11,13-14H2,1-3H3,(H,21,27). The van der Waals surface area contributed by atoms with Crippen LogP contribution >= 0.6 is 0 Å². The van der Waals surface area contributed by atoms with E-state index in [1.165, 1.54) is 0 Å². The summed E-state index contributed by atoms with van der Waals surface area (Å²) in [5, 5.41) is 11.9. The van der Waals surface area contributed by atoms with E-state index in [1.54, 1.807) is 18.4 Å². The van der Waals surface area contributed by atoms with E-state index in [0.29, 0.717) is 5.76 Å². The number of piperidine rings is 1. The molecule has 152 valence electrons. The van der Waals surface area contributed by atoms with Crippen LogP contribution in [0, 0.1) is 6.92 Å². The Morgan fingerprint density at radius 2 is 2.25 bits per heavy atom. The first kappa shape index (κ1) is 19.1. The molecule has 2 unspecified atom stereocenters. The normalized spacial score (nSPS) is 26.2. The summed E-state index contributed by atoms with van der Waals surface area (Å²) in [7, 11) is 2.18. The van der Waals surface area contributed by atoms with Crippen LogP contribution in [0.25, 0.3) is 0 Å². The van der Waals surface area contributed by atoms with Gasteiger partial charge in [-0.25, -0.2) is 0 Å². The maximum Gasteiger partial charge on any atom is 0.287 e. The van der Waals surface area contributed by atoms with Crippen molar-refractivity contribution in [2.24, 2.45) is 0 Å². The van der Waals surface area contributed by atoms with Gasteiger partial charge in [0.25, 0.3) is 5.91 Å². The molecule has 2 atom stereocenters. The van der Waals surface area contributed by atoms with E-state index >= 15 is 0 Å². The van der Waals surface area contributed by atoms with Crippen LogP contribution < -0.4 is 5.32 Å². The minimum Gasteiger partial charge on any atom is -0.459 e. The molecule has 2 aliphatic heterocycles. The maximum absolute atomic E-state index is 12.6. The summed E-state index contributed by atoms with van der Waals surface area (Å²) in [5.74, 6) is 2.24. The van der Waals surface area contributed by atoms with Gasteiger partial charge in [0.15, 0.2) is 5.76 Å². The number of likely N-dealkylation sites (N-methyl/N-ethyl adjacent to an activating group) is 1. The SMILES string of the molecule is CCn1c(C)nnc1CN1CCCC2(C1)C(NC(=O)c1ccco1)CCN2C. The lowest BCUT2D eigenvalue weighted by Crippen LogP contribution is -2.63. The Morgan fingerprint density at radius 3 is 3.00 bits per heavy atom. The van der Waals surface area contributed by atoms with Crippen molar-refractivity contribution in [3.05, 3.63) is 35.8 Å². The highest BCUT2D eigenvalue weighted by Gasteiger charge is 2.50. The molecular formula is C20H30N6O2. The smallest absolute Gasteiger partial charge is 0.287 e. The van der Waals surface area contributed by atoms with E-state index < -0.39 is 0 Å². The average Bonchev–Trinajstić information content (AvgIpc) is 3.40. The first-order valence-corrected chi connectivity index (χ1v) is 10.2. The monoisotopic (exact) mass is 386 g/mol. The summed E-state index contributed by atoms with van der Waals surface area (Å²) in [5.41, 5.74) is -0.0490. The molecule has 0 bridgehead atoms. The van der Waals surface area contributed by atoms with Crippen LogP contribution in [0.2, 0.25) is 0 Å². The van der Waals surface area contributed by atoms with Crippen LogP contribution in [-0.4, -0.2) is 68.7 Å². The molecule has 2 saturated heterocycles. The zero-order valence-electron chi connectivity index (χ0n) is 17.0. The largest absolute Gasteiger partial charge is 0.459 e. The fourth-order valence-electron chi connectivity index (χ4n) is 4.96. The van der Waals surface area contributed by atoms with Crippen LogP contribution in [0.1, 0.15) is 48.4 Å². The Balaban J connectivity index is 1.50. The van der Waals surface area contributed by atoms with Gasteiger partial charge in [-0.2, -0.15) is 0 Å². The van der Waals surface area contributed by atoms with Crippen LogP contribution in [0.3, 0.4) is 0 Å². The molecule has 2 aromatic heterocycles. The number of amides is 1. The molecule has 4 heterocycles. The van der Waals surface area contributed by atoms with Gasteiger partial charge in [-0.05, 0) is 58.8 Å². The Bertz CT molecular complexity index is 817. The van der Waals surface area contributed by atoms with Gasteiger partial charge in [0, 0.05) is 19.6 Å². The second-order valence-electron chi connectivity index (χ2n) is 8.04. The van der Waals surface area contributed by atoms with Gasteiger partial charge in [-0.1, -0.05) is 0 Å². The molecule has 2 fully saturated rings. The Hall–Kier alpha value is -2.19. The Labute approximate surface area is 165 Å². The zero-order valence-corrected chi connectivity index (χ0v) is 17.0. The average molecular weight is 387 g/mol. The van der Waals surface area contributed by atoms with Gasteiger partial charge in [-0.3, -0.25) is 14.6 Å². The number of rotatable bonds is 5. The Morgan fingerprint density at radius 1 is 1.39 bits per heavy atom. The third-order valence-electron chi connectivity index (χ3n) is 6.49. The number of furan rings is 1. The number of nitrogens with zero attached hydrogens (tertiary/aromatic N) is 5. The van der Waals surface area contributed by atoms with Crippen molar-refractivity contribution in [1.82, 2.24) is 29.9 Å². The lowest BCUT2D eigenvalue weighted by molar-refractivity contribution is 0.0334. The van der Waals surface area contributed by atoms with Crippen molar-refractivity contribution >= 4 is 5.91 Å². The number of carbonyl (C=O) groups excluding carboxylic acids is 1. The molecular weight excluding hydrogens is 356 g/mol. The van der Waals surface area contributed by atoms with Gasteiger partial charge in [-0.15, -0.1) is 10.2 Å². The molecule has 0 radical (unpaired) electrons. The summed E-state index contributed by atoms with van der Waals surface area (Å²) < 4.78 is 7.46. The van der Waals surface area contributed by atoms with Gasteiger partial charge in [0.1, 0.15) is 11.6 Å². The molecule has 2 aromatic rings. The zero-order chi connectivity index (χ0) is 19.7. The molecule has 1 amide bonds. The van der Waals surface area contributed by atoms with E-state index in [2.05, 4.69) is 43.9 Å². The number of hydrogen-bond acceptors (Lipinski definition) is 6. The second kappa shape index (κ2) is 7.67. The molecule has 1 N–H and O–H groups in total. The van der Waals surface area contributed by atoms with Gasteiger partial charge in [0.05, 0.1) is 24.4 Å². The van der Waals surface area contributed by atoms with Crippen molar-refractivity contribution in [3.63, 3.8) is 0 Å². The van der Waals surface area contributed by atoms with E-state index in [4.69, 9.17) is 4.42 Å². The molecule has 2 aliphatic rings. The van der Waals surface area contributed by atoms with Crippen molar-refractivity contribution in [2.75, 3.05) is 26.7 Å². The van der Waals surface area contributed by atoms with E-state index in [-0.39, 0.29) is 17.5 Å². The number of hydrogen-bond donors (Lipinski definition) is 1. The van der Waals surface area contributed by atoms with Gasteiger partial charge >= 0.3 is 0 Å². The predicted octanol–water partition coefficient (Wildman–Crippen LogP) is 1.67. The van der Waals surface area contributed by atoms with Crippen LogP contribution in [0.4, 0.5) is 0 Å². The van der Waals surface area contributed by atoms with Gasteiger partial charge in [0.2, 0.25) is 0 Å². The maximum atomic E-state index is 12.6. The molecule has 1 spiro atoms. The number of aromatic nitrogens is 3. The number of aryl methyl sites for hydroxylation is 1. The predicted molar refractivity (Wildman–Crippen MR) is 105 cm³/mol. The summed E-state index contributed by atoms with van der Waals surface area (Å²) in [4.78, 5) is 17.5. The third-order valence-corrected chi connectivity index (χ3v) is 6.49. The highest BCUT2D eigenvalue weighted by molar-refractivity contribution is 5.91. The van der Waals surface area contributed by atoms with Crippen molar-refractivity contribution in [2.45, 2.75) is 57.8 Å². The summed E-state index contributed by atoms with van der Waals surface area (Å²) in [6.45, 7) is 8.76. The summed E-state index contributed by atoms with van der Waals surface area (Å²) in [6, 6.07) is 3.58.